The number of H-pyrrole nitrogens is 2. The van der Waals surface area contributed by atoms with Crippen molar-refractivity contribution in [1.82, 2.24) is 45.0 Å². The van der Waals surface area contributed by atoms with Gasteiger partial charge in [0.25, 0.3) is 0 Å². The Morgan fingerprint density at radius 1 is 1.05 bits per heavy atom. The highest BCUT2D eigenvalue weighted by Crippen LogP contribution is 2.61. The van der Waals surface area contributed by atoms with Crippen LogP contribution in [0.3, 0.4) is 0 Å². The molecule has 1 fully saturated rings. The third-order valence-corrected chi connectivity index (χ3v) is 9.58. The molecule has 0 spiro atoms. The summed E-state index contributed by atoms with van der Waals surface area (Å²) < 4.78 is 16.5. The number of hydrazone groups is 1. The molecule has 40 heavy (non-hydrogen) atoms. The highest BCUT2D eigenvalue weighted by molar-refractivity contribution is 7.93. The molecule has 2 aliphatic rings. The van der Waals surface area contributed by atoms with Crippen LogP contribution in [0.5, 0.6) is 0 Å². The van der Waals surface area contributed by atoms with Crippen LogP contribution in [0.1, 0.15) is 22.1 Å². The van der Waals surface area contributed by atoms with E-state index in [0.29, 0.717) is 22.7 Å². The summed E-state index contributed by atoms with van der Waals surface area (Å²) in [6.07, 6.45) is 5.17. The van der Waals surface area contributed by atoms with Crippen molar-refractivity contribution in [1.29, 1.82) is 0 Å². The summed E-state index contributed by atoms with van der Waals surface area (Å²) in [6, 6.07) is 11.1. The number of aromatic nitrogens is 8. The lowest BCUT2D eigenvalue weighted by Crippen LogP contribution is -2.57. The number of anilines is 2. The Hall–Kier alpha value is -4.26. The zero-order chi connectivity index (χ0) is 26.6. The molecule has 0 saturated carbocycles. The van der Waals surface area contributed by atoms with E-state index >= 15 is 0 Å². The first kappa shape index (κ1) is 23.6. The van der Waals surface area contributed by atoms with Crippen LogP contribution in [0.4, 0.5) is 10.9 Å². The number of nitrogens with zero attached hydrogens (tertiary/aromatic N) is 9. The Bertz CT molecular complexity index is 1630. The molecule has 8 heterocycles. The van der Waals surface area contributed by atoms with E-state index in [1.165, 1.54) is 29.1 Å². The van der Waals surface area contributed by atoms with Gasteiger partial charge in [0.2, 0.25) is 17.4 Å². The second-order valence-corrected chi connectivity index (χ2v) is 11.6. The Kier molecular flexibility index (Phi) is 5.40. The summed E-state index contributed by atoms with van der Waals surface area (Å²) in [5, 5.41) is 31.5. The molecule has 0 aromatic carbocycles. The van der Waals surface area contributed by atoms with Gasteiger partial charge in [0.1, 0.15) is 12.3 Å². The van der Waals surface area contributed by atoms with Gasteiger partial charge in [-0.25, -0.2) is 9.82 Å². The minimum atomic E-state index is -1.28. The Morgan fingerprint density at radius 3 is 2.70 bits per heavy atom. The van der Waals surface area contributed by atoms with Gasteiger partial charge in [-0.05, 0) is 46.4 Å². The number of hydrogen-bond acceptors (Lipinski definition) is 16. The number of rotatable bonds is 7. The predicted molar refractivity (Wildman–Crippen MR) is 150 cm³/mol. The van der Waals surface area contributed by atoms with E-state index < -0.39 is 17.2 Å². The van der Waals surface area contributed by atoms with Gasteiger partial charge in [-0.1, -0.05) is 11.2 Å². The van der Waals surface area contributed by atoms with Gasteiger partial charge in [-0.15, -0.1) is 38.0 Å². The van der Waals surface area contributed by atoms with Crippen molar-refractivity contribution in [2.45, 2.75) is 17.2 Å². The fourth-order valence-corrected chi connectivity index (χ4v) is 8.21. The molecular formula is C22H16N12O2S4. The van der Waals surface area contributed by atoms with Gasteiger partial charge < -0.3 is 18.6 Å². The molecule has 3 atom stereocenters. The molecule has 0 radical (unpaired) electrons. The Morgan fingerprint density at radius 2 is 2.05 bits per heavy atom. The van der Waals surface area contributed by atoms with Crippen molar-refractivity contribution in [3.8, 4) is 0 Å². The predicted octanol–water partition coefficient (Wildman–Crippen LogP) is 3.53. The van der Waals surface area contributed by atoms with E-state index in [-0.39, 0.29) is 0 Å². The fourth-order valence-electron chi connectivity index (χ4n) is 5.61. The van der Waals surface area contributed by atoms with Crippen LogP contribution in [0, 0.1) is 0 Å². The summed E-state index contributed by atoms with van der Waals surface area (Å²) in [7, 11) is 0. The smallest absolute Gasteiger partial charge is 0.250 e. The normalized spacial score (nSPS) is 24.3. The van der Waals surface area contributed by atoms with Crippen LogP contribution >= 0.6 is 46.4 Å². The summed E-state index contributed by atoms with van der Waals surface area (Å²) in [6.45, 7) is 0. The van der Waals surface area contributed by atoms with Crippen molar-refractivity contribution in [3.63, 3.8) is 0 Å². The number of aromatic amines is 2. The van der Waals surface area contributed by atoms with Gasteiger partial charge >= 0.3 is 0 Å². The maximum atomic E-state index is 6.12. The molecule has 8 rings (SSSR count). The van der Waals surface area contributed by atoms with Crippen molar-refractivity contribution in [2.75, 3.05) is 9.80 Å². The number of hydrogen-bond donors (Lipinski definition) is 3. The zero-order valence-corrected chi connectivity index (χ0v) is 23.2. The van der Waals surface area contributed by atoms with Crippen LogP contribution in [-0.2, 0) is 15.4 Å². The van der Waals surface area contributed by atoms with Crippen LogP contribution in [0.2, 0.25) is 0 Å². The minimum absolute atomic E-state index is 0.362. The molecule has 6 aromatic heterocycles. The monoisotopic (exact) mass is 608 g/mol. The lowest BCUT2D eigenvalue weighted by molar-refractivity contribution is 0.409. The molecular weight excluding hydrogens is 593 g/mol. The third-order valence-electron chi connectivity index (χ3n) is 6.87. The van der Waals surface area contributed by atoms with E-state index in [1.807, 2.05) is 52.7 Å². The summed E-state index contributed by atoms with van der Waals surface area (Å²) >= 11 is 5.40. The van der Waals surface area contributed by atoms with Crippen molar-refractivity contribution in [3.05, 3.63) is 93.3 Å². The molecule has 200 valence electrons. The van der Waals surface area contributed by atoms with E-state index in [9.17, 15) is 0 Å². The standard InChI is InChI=1S/C22H16N12O2S4/c1-3-13(23-7-1)21(14-6-11-39-29-14)17(18-25-32-40-36-18)33(16-5-9-35-28-16)22(15-4-2-10-37-15,19-26-30-31-27-19)34(21)20-24-8-12-38-20/h1-12,17,23,32H,(H,26,27,30,31). The Labute approximate surface area is 241 Å². The molecule has 0 aliphatic carbocycles. The lowest BCUT2D eigenvalue weighted by Gasteiger charge is -2.44. The highest BCUT2D eigenvalue weighted by atomic mass is 32.2. The molecule has 0 bridgehead atoms. The van der Waals surface area contributed by atoms with Crippen molar-refractivity contribution < 1.29 is 8.71 Å². The van der Waals surface area contributed by atoms with Gasteiger partial charge in [-0.2, -0.15) is 9.59 Å². The molecule has 14 nitrogen and oxygen atoms in total. The lowest BCUT2D eigenvalue weighted by atomic mass is 9.82. The van der Waals surface area contributed by atoms with Crippen molar-refractivity contribution >= 4 is 63.3 Å². The van der Waals surface area contributed by atoms with E-state index in [0.717, 1.165) is 28.5 Å². The fraction of sp³-hybridized carbons (Fsp3) is 0.136. The summed E-state index contributed by atoms with van der Waals surface area (Å²) in [4.78, 5) is 16.3. The van der Waals surface area contributed by atoms with E-state index in [4.69, 9.17) is 18.1 Å². The van der Waals surface area contributed by atoms with E-state index in [1.54, 1.807) is 23.6 Å². The largest absolute Gasteiger partial charge is 0.384 e. The van der Waals surface area contributed by atoms with Crippen LogP contribution < -0.4 is 14.6 Å². The molecule has 6 aromatic rings. The minimum Gasteiger partial charge on any atom is -0.384 e. The Balaban J connectivity index is 1.61. The molecule has 1 saturated heterocycles. The maximum Gasteiger partial charge on any atom is 0.250 e. The van der Waals surface area contributed by atoms with Gasteiger partial charge in [0.05, 0.1) is 16.3 Å². The number of thiazole rings is 1. The maximum absolute atomic E-state index is 6.12. The molecule has 3 N–H and O–H groups in total. The first-order valence-corrected chi connectivity index (χ1v) is 15.1. The topological polar surface area (TPSA) is 162 Å². The summed E-state index contributed by atoms with van der Waals surface area (Å²) in [5.41, 5.74) is -0.860. The quantitative estimate of drug-likeness (QED) is 0.179. The first-order valence-electron chi connectivity index (χ1n) is 11.7. The summed E-state index contributed by atoms with van der Waals surface area (Å²) in [5.74, 6) is 1.25. The number of tetrazole rings is 1. The second kappa shape index (κ2) is 9.15. The average molecular weight is 609 g/mol. The van der Waals surface area contributed by atoms with Gasteiger partial charge in [0, 0.05) is 29.2 Å². The zero-order valence-electron chi connectivity index (χ0n) is 20.0. The number of thiophene rings is 1. The van der Waals surface area contributed by atoms with Crippen molar-refractivity contribution in [2.24, 2.45) is 5.10 Å². The van der Waals surface area contributed by atoms with Crippen LogP contribution in [0.25, 0.3) is 0 Å². The molecule has 0 amide bonds. The molecule has 3 unspecified atom stereocenters. The second-order valence-electron chi connectivity index (χ2n) is 8.61. The van der Waals surface area contributed by atoms with Gasteiger partial charge in [0.15, 0.2) is 28.7 Å². The highest BCUT2D eigenvalue weighted by Gasteiger charge is 2.74. The first-order chi connectivity index (χ1) is 19.9. The SMILES string of the molecule is c1c[nH]c(C2(c3ccsn3)C(C3=NNSO3)N(c3ccon3)C(c3nn[nH]n3)(c3cccs3)N2c2nccs2)c1. The molecule has 18 heteroatoms. The van der Waals surface area contributed by atoms with Crippen LogP contribution in [-0.4, -0.2) is 52.1 Å². The van der Waals surface area contributed by atoms with E-state index in [2.05, 4.69) is 50.5 Å². The third kappa shape index (κ3) is 3.06. The number of nitrogens with one attached hydrogen (secondary N) is 3. The van der Waals surface area contributed by atoms with Crippen LogP contribution in [0.15, 0.2) is 80.8 Å². The molecule has 2 aliphatic heterocycles. The van der Waals surface area contributed by atoms with Gasteiger partial charge in [-0.3, -0.25) is 4.90 Å². The average Bonchev–Trinajstić information content (AvgIpc) is 3.85.